The van der Waals surface area contributed by atoms with Crippen LogP contribution < -0.4 is 0 Å². The lowest BCUT2D eigenvalue weighted by Crippen LogP contribution is -2.52. The lowest BCUT2D eigenvalue weighted by molar-refractivity contribution is -0.0979. The zero-order valence-corrected chi connectivity index (χ0v) is 9.34. The van der Waals surface area contributed by atoms with Gasteiger partial charge in [0.2, 0.25) is 0 Å². The Kier molecular flexibility index (Phi) is 5.18. The van der Waals surface area contributed by atoms with Crippen LogP contribution >= 0.6 is 0 Å². The lowest BCUT2D eigenvalue weighted by Gasteiger charge is -2.41. The molecule has 3 heteroatoms. The first kappa shape index (κ1) is 12.6. The Morgan fingerprint density at radius 3 is 1.69 bits per heavy atom. The number of rotatable bonds is 0. The highest BCUT2D eigenvalue weighted by atomic mass is 16.1. The number of piperazine rings is 1. The highest BCUT2D eigenvalue weighted by molar-refractivity contribution is 5.10. The molecule has 0 aromatic heterocycles. The van der Waals surface area contributed by atoms with E-state index >= 15 is 0 Å². The minimum atomic E-state index is 0.362. The van der Waals surface area contributed by atoms with Gasteiger partial charge < -0.3 is 9.69 Å². The molecule has 0 amide bonds. The Hall–Kier alpha value is -0.410. The largest absolute Gasteiger partial charge is 0.307 e. The second kappa shape index (κ2) is 5.35. The van der Waals surface area contributed by atoms with E-state index in [1.54, 1.807) is 0 Å². The van der Waals surface area contributed by atoms with E-state index in [2.05, 4.69) is 37.6 Å². The van der Waals surface area contributed by atoms with Crippen molar-refractivity contribution in [1.29, 1.82) is 0 Å². The second-order valence-electron chi connectivity index (χ2n) is 4.46. The van der Waals surface area contributed by atoms with Crippen LogP contribution in [0.1, 0.15) is 20.8 Å². The fraction of sp³-hybridized carbons (Fsp3) is 0.900. The van der Waals surface area contributed by atoms with Crippen molar-refractivity contribution in [2.75, 3.05) is 33.2 Å². The van der Waals surface area contributed by atoms with Crippen LogP contribution in [0.2, 0.25) is 0 Å². The molecule has 0 aromatic carbocycles. The molecule has 0 unspecified atom stereocenters. The molecule has 1 aliphatic heterocycles. The normalized spacial score (nSPS) is 20.6. The average Bonchev–Trinajstić information content (AvgIpc) is 2.07. The molecule has 1 rings (SSSR count). The van der Waals surface area contributed by atoms with Crippen molar-refractivity contribution in [1.82, 2.24) is 9.80 Å². The van der Waals surface area contributed by atoms with E-state index in [9.17, 15) is 0 Å². The fourth-order valence-electron chi connectivity index (χ4n) is 1.48. The number of carbonyl (C=O) groups is 1. The molecule has 13 heavy (non-hydrogen) atoms. The van der Waals surface area contributed by atoms with Crippen LogP contribution in [0.15, 0.2) is 0 Å². The first-order valence-corrected chi connectivity index (χ1v) is 4.72. The van der Waals surface area contributed by atoms with Gasteiger partial charge in [-0.3, -0.25) is 4.90 Å². The molecule has 3 nitrogen and oxygen atoms in total. The summed E-state index contributed by atoms with van der Waals surface area (Å²) in [6, 6.07) is 0. The Bertz CT molecular complexity index is 134. The zero-order valence-electron chi connectivity index (χ0n) is 9.34. The van der Waals surface area contributed by atoms with Crippen molar-refractivity contribution < 1.29 is 4.79 Å². The number of hydrogen-bond donors (Lipinski definition) is 0. The summed E-state index contributed by atoms with van der Waals surface area (Å²) in [7, 11) is 2.19. The molecule has 0 aromatic rings. The molecule has 1 aliphatic rings. The molecule has 1 saturated heterocycles. The van der Waals surface area contributed by atoms with Crippen molar-refractivity contribution in [2.45, 2.75) is 26.3 Å². The highest BCUT2D eigenvalue weighted by Crippen LogP contribution is 2.14. The summed E-state index contributed by atoms with van der Waals surface area (Å²) in [5.41, 5.74) is 0.362. The summed E-state index contributed by atoms with van der Waals surface area (Å²) in [5, 5.41) is 0. The second-order valence-corrected chi connectivity index (χ2v) is 4.46. The molecular formula is C10H22N2O. The molecule has 0 radical (unpaired) electrons. The lowest BCUT2D eigenvalue weighted by atomic mass is 10.1. The summed E-state index contributed by atoms with van der Waals surface area (Å²) < 4.78 is 0. The van der Waals surface area contributed by atoms with Crippen molar-refractivity contribution in [3.05, 3.63) is 0 Å². The molecule has 0 aliphatic carbocycles. The van der Waals surface area contributed by atoms with Crippen LogP contribution in [-0.2, 0) is 4.79 Å². The predicted octanol–water partition coefficient (Wildman–Crippen LogP) is 0.847. The third-order valence-corrected chi connectivity index (χ3v) is 2.45. The molecule has 0 N–H and O–H groups in total. The van der Waals surface area contributed by atoms with Crippen LogP contribution in [0, 0.1) is 0 Å². The number of likely N-dealkylation sites (N-methyl/N-ethyl adjacent to an activating group) is 1. The van der Waals surface area contributed by atoms with E-state index < -0.39 is 0 Å². The van der Waals surface area contributed by atoms with Gasteiger partial charge >= 0.3 is 0 Å². The van der Waals surface area contributed by atoms with Gasteiger partial charge in [-0.2, -0.15) is 0 Å². The van der Waals surface area contributed by atoms with E-state index in [1.165, 1.54) is 26.2 Å². The van der Waals surface area contributed by atoms with E-state index in [-0.39, 0.29) is 0 Å². The highest BCUT2D eigenvalue weighted by Gasteiger charge is 2.23. The Morgan fingerprint density at radius 1 is 1.00 bits per heavy atom. The van der Waals surface area contributed by atoms with Gasteiger partial charge in [-0.25, -0.2) is 0 Å². The van der Waals surface area contributed by atoms with E-state index in [1.807, 2.05) is 6.79 Å². The quantitative estimate of drug-likeness (QED) is 0.560. The molecular weight excluding hydrogens is 164 g/mol. The van der Waals surface area contributed by atoms with Crippen molar-refractivity contribution in [3.63, 3.8) is 0 Å². The van der Waals surface area contributed by atoms with Crippen molar-refractivity contribution in [3.8, 4) is 0 Å². The van der Waals surface area contributed by atoms with Gasteiger partial charge in [-0.15, -0.1) is 0 Å². The third-order valence-electron chi connectivity index (χ3n) is 2.45. The van der Waals surface area contributed by atoms with E-state index in [4.69, 9.17) is 4.79 Å². The molecule has 1 heterocycles. The number of carbonyl (C=O) groups excluding carboxylic acids is 1. The van der Waals surface area contributed by atoms with Crippen LogP contribution in [0.4, 0.5) is 0 Å². The number of hydrogen-bond acceptors (Lipinski definition) is 3. The zero-order chi connectivity index (χ0) is 10.5. The first-order valence-electron chi connectivity index (χ1n) is 4.72. The topological polar surface area (TPSA) is 23.6 Å². The average molecular weight is 186 g/mol. The van der Waals surface area contributed by atoms with Gasteiger partial charge in [0.05, 0.1) is 0 Å². The van der Waals surface area contributed by atoms with E-state index in [0.29, 0.717) is 5.54 Å². The summed E-state index contributed by atoms with van der Waals surface area (Å²) in [5.74, 6) is 0. The molecule has 0 atom stereocenters. The SMILES string of the molecule is C=O.CN1CCN(C(C)(C)C)CC1. The molecule has 0 spiro atoms. The maximum Gasteiger partial charge on any atom is 0.106 e. The maximum absolute atomic E-state index is 8.00. The smallest absolute Gasteiger partial charge is 0.106 e. The third kappa shape index (κ3) is 4.39. The minimum absolute atomic E-state index is 0.362. The predicted molar refractivity (Wildman–Crippen MR) is 55.9 cm³/mol. The fourth-order valence-corrected chi connectivity index (χ4v) is 1.48. The van der Waals surface area contributed by atoms with E-state index in [0.717, 1.165) is 0 Å². The van der Waals surface area contributed by atoms with Crippen LogP contribution in [0.3, 0.4) is 0 Å². The first-order chi connectivity index (χ1) is 6.00. The Morgan fingerprint density at radius 2 is 1.38 bits per heavy atom. The maximum atomic E-state index is 8.00. The molecule has 0 bridgehead atoms. The summed E-state index contributed by atoms with van der Waals surface area (Å²) in [4.78, 5) is 12.9. The van der Waals surface area contributed by atoms with Gasteiger partial charge in [-0.1, -0.05) is 0 Å². The van der Waals surface area contributed by atoms with Crippen LogP contribution in [-0.4, -0.2) is 55.4 Å². The summed E-state index contributed by atoms with van der Waals surface area (Å²) >= 11 is 0. The van der Waals surface area contributed by atoms with Gasteiger partial charge in [0.1, 0.15) is 6.79 Å². The Balaban J connectivity index is 0.000000671. The Labute approximate surface area is 81.7 Å². The van der Waals surface area contributed by atoms with Gasteiger partial charge in [-0.05, 0) is 27.8 Å². The summed E-state index contributed by atoms with van der Waals surface area (Å²) in [6.45, 7) is 13.8. The molecule has 0 saturated carbocycles. The number of nitrogens with zero attached hydrogens (tertiary/aromatic N) is 2. The van der Waals surface area contributed by atoms with Crippen molar-refractivity contribution in [2.24, 2.45) is 0 Å². The molecule has 78 valence electrons. The standard InChI is InChI=1S/C9H20N2.CH2O/c1-9(2,3)11-7-5-10(4)6-8-11;1-2/h5-8H2,1-4H3;1H2. The van der Waals surface area contributed by atoms with Gasteiger partial charge in [0.25, 0.3) is 0 Å². The summed E-state index contributed by atoms with van der Waals surface area (Å²) in [6.07, 6.45) is 0. The van der Waals surface area contributed by atoms with Gasteiger partial charge in [0, 0.05) is 31.7 Å². The minimum Gasteiger partial charge on any atom is -0.307 e. The van der Waals surface area contributed by atoms with Crippen molar-refractivity contribution >= 4 is 6.79 Å². The van der Waals surface area contributed by atoms with Crippen LogP contribution in [0.5, 0.6) is 0 Å². The van der Waals surface area contributed by atoms with Crippen LogP contribution in [0.25, 0.3) is 0 Å². The van der Waals surface area contributed by atoms with Gasteiger partial charge in [0.15, 0.2) is 0 Å². The monoisotopic (exact) mass is 186 g/mol. The molecule has 1 fully saturated rings.